The van der Waals surface area contributed by atoms with E-state index in [2.05, 4.69) is 15.6 Å². The molecule has 2 saturated carbocycles. The van der Waals surface area contributed by atoms with Crippen molar-refractivity contribution in [2.75, 3.05) is 30.8 Å². The second kappa shape index (κ2) is 6.62. The predicted molar refractivity (Wildman–Crippen MR) is 83.7 cm³/mol. The number of anilines is 2. The molecular formula is C14H22N4O2S. The lowest BCUT2D eigenvalue weighted by atomic mass is 9.93. The van der Waals surface area contributed by atoms with Crippen LogP contribution in [0.3, 0.4) is 0 Å². The van der Waals surface area contributed by atoms with Gasteiger partial charge in [0.25, 0.3) is 5.91 Å². The zero-order chi connectivity index (χ0) is 14.7. The van der Waals surface area contributed by atoms with Crippen LogP contribution in [-0.2, 0) is 4.74 Å². The first-order chi connectivity index (χ1) is 10.2. The molecule has 1 amide bonds. The minimum absolute atomic E-state index is 0.165. The van der Waals surface area contributed by atoms with Crippen LogP contribution in [0.15, 0.2) is 0 Å². The molecule has 7 heteroatoms. The van der Waals surface area contributed by atoms with Crippen molar-refractivity contribution in [3.05, 3.63) is 4.88 Å². The fraction of sp³-hybridized carbons (Fsp3) is 0.714. The Kier molecular flexibility index (Phi) is 4.60. The Morgan fingerprint density at radius 3 is 2.86 bits per heavy atom. The van der Waals surface area contributed by atoms with E-state index in [9.17, 15) is 4.79 Å². The zero-order valence-corrected chi connectivity index (χ0v) is 12.9. The number of thiazole rings is 1. The van der Waals surface area contributed by atoms with Gasteiger partial charge in [-0.3, -0.25) is 4.79 Å². The quantitative estimate of drug-likeness (QED) is 0.638. The minimum Gasteiger partial charge on any atom is -0.382 e. The third-order valence-corrected chi connectivity index (χ3v) is 4.88. The number of hydrogen-bond acceptors (Lipinski definition) is 6. The molecule has 3 rings (SSSR count). The van der Waals surface area contributed by atoms with E-state index < -0.39 is 0 Å². The lowest BCUT2D eigenvalue weighted by molar-refractivity contribution is 0.0911. The molecule has 0 radical (unpaired) electrons. The highest BCUT2D eigenvalue weighted by Gasteiger charge is 2.22. The summed E-state index contributed by atoms with van der Waals surface area (Å²) in [5, 5.41) is 6.88. The Hall–Kier alpha value is -1.34. The van der Waals surface area contributed by atoms with Gasteiger partial charge >= 0.3 is 0 Å². The van der Waals surface area contributed by atoms with Gasteiger partial charge in [-0.2, -0.15) is 0 Å². The fourth-order valence-corrected chi connectivity index (χ4v) is 3.01. The third kappa shape index (κ3) is 4.07. The molecule has 0 spiro atoms. The molecule has 116 valence electrons. The van der Waals surface area contributed by atoms with E-state index in [-0.39, 0.29) is 5.91 Å². The highest BCUT2D eigenvalue weighted by atomic mass is 32.1. The van der Waals surface area contributed by atoms with Gasteiger partial charge in [0.05, 0.1) is 6.61 Å². The average molecular weight is 310 g/mol. The van der Waals surface area contributed by atoms with Gasteiger partial charge in [-0.1, -0.05) is 11.3 Å². The Morgan fingerprint density at radius 1 is 1.38 bits per heavy atom. The molecule has 2 aliphatic rings. The van der Waals surface area contributed by atoms with Crippen molar-refractivity contribution in [2.24, 2.45) is 5.92 Å². The first-order valence-electron chi connectivity index (χ1n) is 7.61. The van der Waals surface area contributed by atoms with Crippen LogP contribution in [0.4, 0.5) is 10.9 Å². The van der Waals surface area contributed by atoms with Gasteiger partial charge < -0.3 is 21.1 Å². The lowest BCUT2D eigenvalue weighted by Crippen LogP contribution is -2.27. The van der Waals surface area contributed by atoms with Gasteiger partial charge in [0.2, 0.25) is 0 Å². The van der Waals surface area contributed by atoms with Gasteiger partial charge in [0, 0.05) is 19.2 Å². The van der Waals surface area contributed by atoms with Gasteiger partial charge in [0.15, 0.2) is 5.13 Å². The van der Waals surface area contributed by atoms with E-state index >= 15 is 0 Å². The summed E-state index contributed by atoms with van der Waals surface area (Å²) in [6, 6.07) is 0.488. The van der Waals surface area contributed by atoms with Crippen LogP contribution in [-0.4, -0.2) is 36.7 Å². The summed E-state index contributed by atoms with van der Waals surface area (Å²) in [7, 11) is 0. The minimum atomic E-state index is -0.165. The number of nitrogens with two attached hydrogens (primary N) is 1. The number of hydrogen-bond donors (Lipinski definition) is 3. The molecular weight excluding hydrogens is 288 g/mol. The standard InChI is InChI=1S/C14H22N4O2S/c15-12-11(21-14(18-12)17-10-2-1-3-10)13(19)16-6-7-20-8-9-4-5-9/h9-10H,1-8,15H2,(H,16,19)(H,17,18). The number of carbonyl (C=O) groups excluding carboxylic acids is 1. The molecule has 0 aromatic carbocycles. The highest BCUT2D eigenvalue weighted by Crippen LogP contribution is 2.29. The molecule has 1 aromatic heterocycles. The first kappa shape index (κ1) is 14.6. The molecule has 21 heavy (non-hydrogen) atoms. The molecule has 0 atom stereocenters. The van der Waals surface area contributed by atoms with Crippen LogP contribution < -0.4 is 16.4 Å². The van der Waals surface area contributed by atoms with E-state index in [1.165, 1.54) is 43.4 Å². The summed E-state index contributed by atoms with van der Waals surface area (Å²) in [6.07, 6.45) is 6.15. The van der Waals surface area contributed by atoms with E-state index in [0.29, 0.717) is 29.9 Å². The first-order valence-corrected chi connectivity index (χ1v) is 8.43. The smallest absolute Gasteiger partial charge is 0.265 e. The number of nitrogens with one attached hydrogen (secondary N) is 2. The topological polar surface area (TPSA) is 89.3 Å². The number of nitrogen functional groups attached to an aromatic ring is 1. The second-order valence-corrected chi connectivity index (χ2v) is 6.78. The Morgan fingerprint density at radius 2 is 2.19 bits per heavy atom. The van der Waals surface area contributed by atoms with Crippen LogP contribution in [0.2, 0.25) is 0 Å². The Labute approximate surface area is 128 Å². The van der Waals surface area contributed by atoms with E-state index in [1.807, 2.05) is 0 Å². The van der Waals surface area contributed by atoms with Crippen molar-refractivity contribution in [2.45, 2.75) is 38.1 Å². The molecule has 0 bridgehead atoms. The predicted octanol–water partition coefficient (Wildman–Crippen LogP) is 1.85. The fourth-order valence-electron chi connectivity index (χ4n) is 2.14. The molecule has 1 heterocycles. The molecule has 2 aliphatic carbocycles. The number of ether oxygens (including phenoxy) is 1. The number of nitrogens with zero attached hydrogens (tertiary/aromatic N) is 1. The highest BCUT2D eigenvalue weighted by molar-refractivity contribution is 7.18. The van der Waals surface area contributed by atoms with Crippen molar-refractivity contribution in [3.63, 3.8) is 0 Å². The second-order valence-electron chi connectivity index (χ2n) is 5.78. The summed E-state index contributed by atoms with van der Waals surface area (Å²) >= 11 is 1.32. The van der Waals surface area contributed by atoms with Crippen molar-refractivity contribution < 1.29 is 9.53 Å². The third-order valence-electron chi connectivity index (χ3n) is 3.87. The maximum Gasteiger partial charge on any atom is 0.265 e. The normalized spacial score (nSPS) is 18.3. The molecule has 1 aromatic rings. The largest absolute Gasteiger partial charge is 0.382 e. The van der Waals surface area contributed by atoms with Crippen molar-refractivity contribution in [3.8, 4) is 0 Å². The lowest BCUT2D eigenvalue weighted by Gasteiger charge is -2.25. The number of carbonyl (C=O) groups is 1. The van der Waals surface area contributed by atoms with Gasteiger partial charge in [-0.15, -0.1) is 0 Å². The monoisotopic (exact) mass is 310 g/mol. The SMILES string of the molecule is Nc1nc(NC2CCC2)sc1C(=O)NCCOCC1CC1. The van der Waals surface area contributed by atoms with E-state index in [1.54, 1.807) is 0 Å². The van der Waals surface area contributed by atoms with E-state index in [0.717, 1.165) is 17.7 Å². The van der Waals surface area contributed by atoms with E-state index in [4.69, 9.17) is 10.5 Å². The van der Waals surface area contributed by atoms with Crippen molar-refractivity contribution in [1.82, 2.24) is 10.3 Å². The van der Waals surface area contributed by atoms with Crippen molar-refractivity contribution in [1.29, 1.82) is 0 Å². The van der Waals surface area contributed by atoms with Gasteiger partial charge in [-0.05, 0) is 38.0 Å². The zero-order valence-electron chi connectivity index (χ0n) is 12.1. The summed E-state index contributed by atoms with van der Waals surface area (Å²) in [5.41, 5.74) is 5.82. The summed E-state index contributed by atoms with van der Waals surface area (Å²) in [6.45, 7) is 1.87. The summed E-state index contributed by atoms with van der Waals surface area (Å²) in [5.74, 6) is 0.887. The molecule has 4 N–H and O–H groups in total. The number of aromatic nitrogens is 1. The van der Waals surface area contributed by atoms with Crippen LogP contribution >= 0.6 is 11.3 Å². The molecule has 0 unspecified atom stereocenters. The number of amides is 1. The maximum absolute atomic E-state index is 12.1. The Balaban J connectivity index is 1.42. The number of rotatable bonds is 8. The molecule has 2 fully saturated rings. The summed E-state index contributed by atoms with van der Waals surface area (Å²) in [4.78, 5) is 16.8. The average Bonchev–Trinajstić information content (AvgIpc) is 3.16. The van der Waals surface area contributed by atoms with Crippen molar-refractivity contribution >= 4 is 28.2 Å². The maximum atomic E-state index is 12.1. The van der Waals surface area contributed by atoms with Crippen LogP contribution in [0.1, 0.15) is 41.8 Å². The van der Waals surface area contributed by atoms with Crippen LogP contribution in [0, 0.1) is 5.92 Å². The van der Waals surface area contributed by atoms with Gasteiger partial charge in [-0.25, -0.2) is 4.98 Å². The van der Waals surface area contributed by atoms with Crippen LogP contribution in [0.5, 0.6) is 0 Å². The molecule has 6 nitrogen and oxygen atoms in total. The molecule has 0 saturated heterocycles. The molecule has 0 aliphatic heterocycles. The summed E-state index contributed by atoms with van der Waals surface area (Å²) < 4.78 is 5.48. The van der Waals surface area contributed by atoms with Crippen LogP contribution in [0.25, 0.3) is 0 Å². The van der Waals surface area contributed by atoms with Gasteiger partial charge in [0.1, 0.15) is 10.7 Å². The Bertz CT molecular complexity index is 497.